The van der Waals surface area contributed by atoms with E-state index >= 15 is 0 Å². The molecule has 2 saturated carbocycles. The molecule has 0 radical (unpaired) electrons. The Balaban J connectivity index is 1.39. The Morgan fingerprint density at radius 1 is 1.19 bits per heavy atom. The molecule has 7 rings (SSSR count). The van der Waals surface area contributed by atoms with E-state index < -0.39 is 22.9 Å². The van der Waals surface area contributed by atoms with Gasteiger partial charge in [0.05, 0.1) is 6.10 Å². The van der Waals surface area contributed by atoms with Gasteiger partial charge in [-0.25, -0.2) is 4.79 Å². The van der Waals surface area contributed by atoms with Crippen LogP contribution < -0.4 is 0 Å². The summed E-state index contributed by atoms with van der Waals surface area (Å²) in [6.45, 7) is 6.91. The highest BCUT2D eigenvalue weighted by Gasteiger charge is 3.00. The van der Waals surface area contributed by atoms with Crippen molar-refractivity contribution in [3.8, 4) is 0 Å². The number of carbonyl (C=O) groups excluding carboxylic acids is 1. The molecule has 0 amide bonds. The molecule has 1 N–H and O–H groups in total. The zero-order valence-corrected chi connectivity index (χ0v) is 15.3. The number of aliphatic hydroxyl groups is 1. The largest absolute Gasteiger partial charge is 0.458 e. The third kappa shape index (κ3) is 1.14. The van der Waals surface area contributed by atoms with Crippen molar-refractivity contribution in [2.75, 3.05) is 6.61 Å². The van der Waals surface area contributed by atoms with Gasteiger partial charge in [-0.15, -0.1) is 0 Å². The Bertz CT molecular complexity index is 819. The summed E-state index contributed by atoms with van der Waals surface area (Å²) in [5.41, 5.74) is 0.230. The molecule has 4 heterocycles. The number of carbonyl (C=O) groups is 1. The Hall–Kier alpha value is -0.950. The molecule has 4 aliphatic heterocycles. The lowest BCUT2D eigenvalue weighted by molar-refractivity contribution is -0.136. The van der Waals surface area contributed by atoms with E-state index in [1.54, 1.807) is 0 Å². The number of hydrogen-bond donors (Lipinski definition) is 1. The van der Waals surface area contributed by atoms with Gasteiger partial charge in [0.15, 0.2) is 5.60 Å². The molecular weight excluding hydrogens is 336 g/mol. The minimum absolute atomic E-state index is 0.00808. The summed E-state index contributed by atoms with van der Waals surface area (Å²) < 4.78 is 24.3. The number of aliphatic hydroxyl groups excluding tert-OH is 1. The molecule has 4 unspecified atom stereocenters. The molecule has 5 fully saturated rings. The quantitative estimate of drug-likeness (QED) is 0.557. The molecule has 26 heavy (non-hydrogen) atoms. The Kier molecular flexibility index (Phi) is 2.19. The van der Waals surface area contributed by atoms with E-state index in [9.17, 15) is 9.90 Å². The first-order valence-electron chi connectivity index (χ1n) is 9.95. The molecule has 0 aromatic heterocycles. The number of ether oxygens (including phenoxy) is 4. The van der Waals surface area contributed by atoms with Crippen LogP contribution in [-0.4, -0.2) is 58.9 Å². The van der Waals surface area contributed by atoms with E-state index in [1.807, 2.05) is 0 Å². The fourth-order valence-corrected chi connectivity index (χ4v) is 7.70. The third-order valence-corrected chi connectivity index (χ3v) is 9.10. The van der Waals surface area contributed by atoms with Crippen LogP contribution >= 0.6 is 0 Å². The molecule has 9 atom stereocenters. The van der Waals surface area contributed by atoms with Gasteiger partial charge in [-0.2, -0.15) is 0 Å². The average Bonchev–Trinajstić information content (AvgIpc) is 3.47. The molecule has 6 heteroatoms. The van der Waals surface area contributed by atoms with Crippen LogP contribution in [0.2, 0.25) is 0 Å². The molecule has 0 bridgehead atoms. The lowest BCUT2D eigenvalue weighted by Gasteiger charge is -2.53. The Morgan fingerprint density at radius 2 is 2.00 bits per heavy atom. The van der Waals surface area contributed by atoms with Crippen LogP contribution in [0.1, 0.15) is 40.0 Å². The molecule has 140 valence electrons. The van der Waals surface area contributed by atoms with Gasteiger partial charge < -0.3 is 24.1 Å². The predicted octanol–water partition coefficient (Wildman–Crippen LogP) is 1.10. The highest BCUT2D eigenvalue weighted by atomic mass is 16.7. The van der Waals surface area contributed by atoms with Crippen molar-refractivity contribution in [3.63, 3.8) is 0 Å². The van der Waals surface area contributed by atoms with E-state index in [4.69, 9.17) is 18.9 Å². The number of epoxide rings is 3. The van der Waals surface area contributed by atoms with Crippen molar-refractivity contribution in [1.29, 1.82) is 0 Å². The van der Waals surface area contributed by atoms with Gasteiger partial charge in [0.25, 0.3) is 0 Å². The van der Waals surface area contributed by atoms with Crippen LogP contribution in [0.15, 0.2) is 11.1 Å². The highest BCUT2D eigenvalue weighted by Crippen LogP contribution is 2.82. The zero-order valence-electron chi connectivity index (χ0n) is 15.3. The normalized spacial score (nSPS) is 63.1. The molecule has 0 aromatic rings. The van der Waals surface area contributed by atoms with Crippen LogP contribution in [0.4, 0.5) is 0 Å². The molecule has 3 saturated heterocycles. The van der Waals surface area contributed by atoms with Crippen LogP contribution in [0.5, 0.6) is 0 Å². The van der Waals surface area contributed by atoms with E-state index in [0.717, 1.165) is 30.4 Å². The van der Waals surface area contributed by atoms with Crippen LogP contribution in [0, 0.1) is 17.3 Å². The van der Waals surface area contributed by atoms with Crippen LogP contribution in [0.25, 0.3) is 0 Å². The summed E-state index contributed by atoms with van der Waals surface area (Å²) in [7, 11) is 0. The lowest BCUT2D eigenvalue weighted by Crippen LogP contribution is -2.69. The number of esters is 1. The van der Waals surface area contributed by atoms with Crippen LogP contribution in [-0.2, 0) is 23.7 Å². The van der Waals surface area contributed by atoms with Gasteiger partial charge in [0.2, 0.25) is 0 Å². The van der Waals surface area contributed by atoms with Crippen molar-refractivity contribution >= 4 is 5.97 Å². The van der Waals surface area contributed by atoms with Gasteiger partial charge in [-0.05, 0) is 36.7 Å². The molecule has 2 spiro atoms. The summed E-state index contributed by atoms with van der Waals surface area (Å²) in [6.07, 6.45) is 1.71. The molecular formula is C20H24O6. The fraction of sp³-hybridized carbons (Fsp3) is 0.850. The Labute approximate surface area is 151 Å². The first kappa shape index (κ1) is 15.0. The van der Waals surface area contributed by atoms with Crippen molar-refractivity contribution in [3.05, 3.63) is 11.1 Å². The summed E-state index contributed by atoms with van der Waals surface area (Å²) >= 11 is 0. The number of fused-ring (bicyclic) bond motifs is 4. The molecule has 7 aliphatic rings. The standard InChI is InChI=1S/C20H24O6/c1-8(2)18-13(25-18)14-20(26-14)17(3)5-4-9-10(7-23-15(9)21)11(17)6-12-19(20,24-12)16(18)22/h8,11-14,16,22H,4-7H2,1-3H3/t11-,12?,13?,14?,16?,17+,18+,19-,20-/m1/s1. The van der Waals surface area contributed by atoms with Gasteiger partial charge in [0.1, 0.15) is 36.1 Å². The maximum absolute atomic E-state index is 12.1. The van der Waals surface area contributed by atoms with Gasteiger partial charge in [-0.1, -0.05) is 20.8 Å². The topological polar surface area (TPSA) is 84.1 Å². The first-order chi connectivity index (χ1) is 12.3. The molecule has 6 nitrogen and oxygen atoms in total. The summed E-state index contributed by atoms with van der Waals surface area (Å²) in [6, 6.07) is 0. The van der Waals surface area contributed by atoms with Gasteiger partial charge in [-0.3, -0.25) is 0 Å². The molecule has 3 aliphatic carbocycles. The summed E-state index contributed by atoms with van der Waals surface area (Å²) in [4.78, 5) is 12.1. The van der Waals surface area contributed by atoms with E-state index in [1.165, 1.54) is 0 Å². The fourth-order valence-electron chi connectivity index (χ4n) is 7.70. The average molecular weight is 360 g/mol. The summed E-state index contributed by atoms with van der Waals surface area (Å²) in [5.74, 6) is 0.297. The van der Waals surface area contributed by atoms with Gasteiger partial charge in [0, 0.05) is 11.0 Å². The van der Waals surface area contributed by atoms with Crippen LogP contribution in [0.3, 0.4) is 0 Å². The zero-order chi connectivity index (χ0) is 17.9. The predicted molar refractivity (Wildman–Crippen MR) is 87.1 cm³/mol. The van der Waals surface area contributed by atoms with Crippen molar-refractivity contribution < 1.29 is 28.8 Å². The first-order valence-corrected chi connectivity index (χ1v) is 9.95. The number of rotatable bonds is 1. The number of cyclic esters (lactones) is 1. The van der Waals surface area contributed by atoms with Crippen molar-refractivity contribution in [2.45, 2.75) is 81.3 Å². The summed E-state index contributed by atoms with van der Waals surface area (Å²) in [5, 5.41) is 11.4. The maximum Gasteiger partial charge on any atom is 0.334 e. The lowest BCUT2D eigenvalue weighted by atomic mass is 9.46. The van der Waals surface area contributed by atoms with E-state index in [0.29, 0.717) is 6.61 Å². The second kappa shape index (κ2) is 3.79. The van der Waals surface area contributed by atoms with E-state index in [-0.39, 0.29) is 41.5 Å². The highest BCUT2D eigenvalue weighted by molar-refractivity contribution is 5.92. The third-order valence-electron chi connectivity index (χ3n) is 9.10. The smallest absolute Gasteiger partial charge is 0.334 e. The number of hydrogen-bond acceptors (Lipinski definition) is 6. The Morgan fingerprint density at radius 3 is 2.77 bits per heavy atom. The second-order valence-corrected chi connectivity index (χ2v) is 9.91. The van der Waals surface area contributed by atoms with Crippen molar-refractivity contribution in [2.24, 2.45) is 17.3 Å². The molecule has 0 aromatic carbocycles. The van der Waals surface area contributed by atoms with Crippen molar-refractivity contribution in [1.82, 2.24) is 0 Å². The SMILES string of the molecule is CC(C)[C@]12OC1C1O[C@]13[C@]1(OC1C[C@@H]1C4=C(CC[C@@]13C)C(=O)OC4)C2O. The minimum atomic E-state index is -0.654. The minimum Gasteiger partial charge on any atom is -0.458 e. The maximum atomic E-state index is 12.1. The van der Waals surface area contributed by atoms with E-state index in [2.05, 4.69) is 20.8 Å². The second-order valence-electron chi connectivity index (χ2n) is 9.91. The van der Waals surface area contributed by atoms with Gasteiger partial charge >= 0.3 is 5.97 Å². The monoisotopic (exact) mass is 360 g/mol.